The molecule has 0 fully saturated rings. The van der Waals surface area contributed by atoms with Crippen LogP contribution in [-0.2, 0) is 19.1 Å². The summed E-state index contributed by atoms with van der Waals surface area (Å²) in [5, 5.41) is 31.5. The van der Waals surface area contributed by atoms with E-state index in [1.54, 1.807) is 24.3 Å². The highest BCUT2D eigenvalue weighted by atomic mass is 79.9. The number of amides is 2. The van der Waals surface area contributed by atoms with Crippen molar-refractivity contribution < 1.29 is 44.0 Å². The summed E-state index contributed by atoms with van der Waals surface area (Å²) in [4.78, 5) is 56.7. The lowest BCUT2D eigenvalue weighted by atomic mass is 10.1. The van der Waals surface area contributed by atoms with Crippen molar-refractivity contribution >= 4 is 45.8 Å². The minimum Gasteiger partial charge on any atom is -0.481 e. The number of rotatable bonds is 13. The highest BCUT2D eigenvalue weighted by molar-refractivity contribution is 9.10. The zero-order valence-corrected chi connectivity index (χ0v) is 18.0. The molecule has 0 aliphatic rings. The minimum absolute atomic E-state index is 0.0193. The van der Waals surface area contributed by atoms with Crippen LogP contribution in [0.5, 0.6) is 0 Å². The number of ether oxygens (including phenoxy) is 1. The fourth-order valence-electron chi connectivity index (χ4n) is 2.43. The van der Waals surface area contributed by atoms with E-state index in [4.69, 9.17) is 10.2 Å². The largest absolute Gasteiger partial charge is 0.481 e. The Morgan fingerprint density at radius 1 is 0.935 bits per heavy atom. The molecule has 0 aliphatic carbocycles. The minimum atomic E-state index is -1.71. The first kappa shape index (κ1) is 25.9. The Morgan fingerprint density at radius 3 is 2.13 bits per heavy atom. The average molecular weight is 503 g/mol. The number of halogens is 1. The second-order valence-corrected chi connectivity index (χ2v) is 7.37. The monoisotopic (exact) mass is 502 g/mol. The molecular formula is C19H23BrN2O9. The number of nitrogens with one attached hydrogen (secondary N) is 2. The maximum absolute atomic E-state index is 12.0. The molecule has 1 aromatic carbocycles. The molecule has 170 valence electrons. The van der Waals surface area contributed by atoms with E-state index in [0.717, 1.165) is 4.47 Å². The van der Waals surface area contributed by atoms with Crippen LogP contribution in [0, 0.1) is 0 Å². The maximum Gasteiger partial charge on any atom is 0.408 e. The van der Waals surface area contributed by atoms with Gasteiger partial charge in [-0.05, 0) is 43.5 Å². The molecule has 11 nitrogen and oxygen atoms in total. The second-order valence-electron chi connectivity index (χ2n) is 6.46. The van der Waals surface area contributed by atoms with Gasteiger partial charge in [-0.15, -0.1) is 0 Å². The Balaban J connectivity index is 2.41. The molecule has 2 atom stereocenters. The fourth-order valence-corrected chi connectivity index (χ4v) is 2.69. The summed E-state index contributed by atoms with van der Waals surface area (Å²) in [6, 6.07) is 5.43. The van der Waals surface area contributed by atoms with E-state index in [1.807, 2.05) is 0 Å². The van der Waals surface area contributed by atoms with Crippen molar-refractivity contribution in [1.82, 2.24) is 10.6 Å². The lowest BCUT2D eigenvalue weighted by molar-refractivity contribution is -0.148. The Hall–Kier alpha value is -3.15. The molecule has 31 heavy (non-hydrogen) atoms. The van der Waals surface area contributed by atoms with Crippen LogP contribution in [0.3, 0.4) is 0 Å². The van der Waals surface area contributed by atoms with Crippen molar-refractivity contribution in [3.63, 3.8) is 0 Å². The van der Waals surface area contributed by atoms with Gasteiger partial charge >= 0.3 is 24.0 Å². The van der Waals surface area contributed by atoms with E-state index in [2.05, 4.69) is 31.3 Å². The first-order chi connectivity index (χ1) is 14.6. The number of unbranched alkanes of at least 4 members (excludes halogenated alkanes) is 1. The van der Waals surface area contributed by atoms with E-state index in [-0.39, 0.29) is 12.3 Å². The molecule has 0 unspecified atom stereocenters. The third kappa shape index (κ3) is 10.4. The summed E-state index contributed by atoms with van der Waals surface area (Å²) in [6.45, 7) is 0.294. The topological polar surface area (TPSA) is 179 Å². The summed E-state index contributed by atoms with van der Waals surface area (Å²) in [7, 11) is 0. The molecule has 0 aromatic heterocycles. The van der Waals surface area contributed by atoms with Crippen molar-refractivity contribution in [1.29, 1.82) is 0 Å². The Bertz CT molecular complexity index is 798. The van der Waals surface area contributed by atoms with Gasteiger partial charge in [0.1, 0.15) is 6.04 Å². The number of benzene rings is 1. The van der Waals surface area contributed by atoms with Gasteiger partial charge in [-0.1, -0.05) is 15.9 Å². The number of carbonyl (C=O) groups is 5. The quantitative estimate of drug-likeness (QED) is 0.251. The summed E-state index contributed by atoms with van der Waals surface area (Å²) in [5.74, 6) is -4.41. The summed E-state index contributed by atoms with van der Waals surface area (Å²) in [6.07, 6.45) is -3.15. The molecule has 0 bridgehead atoms. The predicted molar refractivity (Wildman–Crippen MR) is 110 cm³/mol. The molecule has 0 spiro atoms. The molecule has 0 heterocycles. The number of carboxylic acids is 3. The molecule has 0 aliphatic heterocycles. The highest BCUT2D eigenvalue weighted by Gasteiger charge is 2.26. The van der Waals surface area contributed by atoms with Gasteiger partial charge in [0.2, 0.25) is 6.10 Å². The molecule has 2 amide bonds. The predicted octanol–water partition coefficient (Wildman–Crippen LogP) is 1.85. The van der Waals surface area contributed by atoms with E-state index in [0.29, 0.717) is 24.9 Å². The first-order valence-corrected chi connectivity index (χ1v) is 10.1. The molecule has 0 saturated carbocycles. The standard InChI is InChI=1S/C19H23BrN2O9/c20-12-6-4-11(5-7-12)16(25)21-10-2-1-3-13(17(26)27)22-19(30)31-14(18(28)29)8-9-15(23)24/h4-7,13-14H,1-3,8-10H2,(H,21,25)(H,22,30)(H,23,24)(H,26,27)(H,28,29)/t13-,14-/m0/s1. The van der Waals surface area contributed by atoms with Crippen molar-refractivity contribution in [2.45, 2.75) is 44.2 Å². The van der Waals surface area contributed by atoms with Gasteiger partial charge in [-0.25, -0.2) is 14.4 Å². The number of alkyl carbamates (subject to hydrolysis) is 1. The first-order valence-electron chi connectivity index (χ1n) is 9.28. The van der Waals surface area contributed by atoms with Crippen molar-refractivity contribution in [2.24, 2.45) is 0 Å². The van der Waals surface area contributed by atoms with Crippen LogP contribution in [0.4, 0.5) is 4.79 Å². The van der Waals surface area contributed by atoms with Crippen molar-refractivity contribution in [3.8, 4) is 0 Å². The van der Waals surface area contributed by atoms with Crippen LogP contribution < -0.4 is 10.6 Å². The Morgan fingerprint density at radius 2 is 1.58 bits per heavy atom. The summed E-state index contributed by atoms with van der Waals surface area (Å²) >= 11 is 3.27. The van der Waals surface area contributed by atoms with Crippen molar-refractivity contribution in [3.05, 3.63) is 34.3 Å². The number of hydrogen-bond donors (Lipinski definition) is 5. The lowest BCUT2D eigenvalue weighted by Gasteiger charge is -2.17. The van der Waals surface area contributed by atoms with Gasteiger partial charge < -0.3 is 30.7 Å². The average Bonchev–Trinajstić information content (AvgIpc) is 2.69. The Labute approximate surface area is 185 Å². The van der Waals surface area contributed by atoms with E-state index < -0.39 is 49.0 Å². The molecule has 0 saturated heterocycles. The van der Waals surface area contributed by atoms with Gasteiger partial charge in [0.15, 0.2) is 0 Å². The van der Waals surface area contributed by atoms with Crippen molar-refractivity contribution in [2.75, 3.05) is 6.54 Å². The molecule has 1 rings (SSSR count). The smallest absolute Gasteiger partial charge is 0.408 e. The zero-order chi connectivity index (χ0) is 23.4. The van der Waals surface area contributed by atoms with Crippen LogP contribution in [0.25, 0.3) is 0 Å². The third-order valence-electron chi connectivity index (χ3n) is 4.05. The van der Waals surface area contributed by atoms with E-state index in [9.17, 15) is 29.1 Å². The van der Waals surface area contributed by atoms with Gasteiger partial charge in [-0.3, -0.25) is 9.59 Å². The summed E-state index contributed by atoms with van der Waals surface area (Å²) < 4.78 is 5.46. The van der Waals surface area contributed by atoms with Crippen LogP contribution in [-0.4, -0.2) is 63.9 Å². The van der Waals surface area contributed by atoms with Gasteiger partial charge in [0.25, 0.3) is 5.91 Å². The van der Waals surface area contributed by atoms with Gasteiger partial charge in [0.05, 0.1) is 0 Å². The summed E-state index contributed by atoms with van der Waals surface area (Å²) in [5.41, 5.74) is 0.479. The van der Waals surface area contributed by atoms with E-state index >= 15 is 0 Å². The highest BCUT2D eigenvalue weighted by Crippen LogP contribution is 2.10. The molecule has 5 N–H and O–H groups in total. The molecule has 1 aromatic rings. The zero-order valence-electron chi connectivity index (χ0n) is 16.4. The Kier molecular flexibility index (Phi) is 11.0. The van der Waals surface area contributed by atoms with Crippen LogP contribution in [0.2, 0.25) is 0 Å². The number of aliphatic carboxylic acids is 3. The molecule has 0 radical (unpaired) electrons. The lowest BCUT2D eigenvalue weighted by Crippen LogP contribution is -2.43. The molecular weight excluding hydrogens is 480 g/mol. The van der Waals surface area contributed by atoms with Crippen LogP contribution in [0.15, 0.2) is 28.7 Å². The fraction of sp³-hybridized carbons (Fsp3) is 0.421. The SMILES string of the molecule is O=C(O)CC[C@H](OC(=O)N[C@@H](CCCCNC(=O)c1ccc(Br)cc1)C(=O)O)C(=O)O. The third-order valence-corrected chi connectivity index (χ3v) is 4.58. The number of carboxylic acid groups (broad SMARTS) is 3. The van der Waals surface area contributed by atoms with E-state index in [1.165, 1.54) is 0 Å². The van der Waals surface area contributed by atoms with Gasteiger partial charge in [-0.2, -0.15) is 0 Å². The second kappa shape index (κ2) is 13.2. The number of hydrogen-bond acceptors (Lipinski definition) is 6. The van der Waals surface area contributed by atoms with Crippen LogP contribution >= 0.6 is 15.9 Å². The normalized spacial score (nSPS) is 12.3. The van der Waals surface area contributed by atoms with Gasteiger partial charge in [0, 0.05) is 29.4 Å². The number of carbonyl (C=O) groups excluding carboxylic acids is 2. The maximum atomic E-state index is 12.0. The van der Waals surface area contributed by atoms with Crippen LogP contribution in [0.1, 0.15) is 42.5 Å². The molecule has 12 heteroatoms.